The number of carbonyl (C=O) groups is 1. The largest absolute Gasteiger partial charge is 0.487 e. The van der Waals surface area contributed by atoms with Crippen LogP contribution in [0.4, 0.5) is 10.1 Å². The number of aliphatic hydroxyl groups excluding tert-OH is 1. The fourth-order valence-electron chi connectivity index (χ4n) is 4.51. The first kappa shape index (κ1) is 18.4. The lowest BCUT2D eigenvalue weighted by Gasteiger charge is -2.34. The number of anilines is 1. The SMILES string of the molecule is COC(=O)c1cn(C2CC2)c2c3c(c(F)cc2c1=O)N1C[C@](O)(CO)C[C@H]1CO3. The number of ether oxygens (including phenoxy) is 2. The number of aliphatic hydroxyl groups is 2. The molecule has 5 rings (SSSR count). The lowest BCUT2D eigenvalue weighted by atomic mass is 10.0. The molecule has 2 aliphatic heterocycles. The lowest BCUT2D eigenvalue weighted by Crippen LogP contribution is -2.40. The second-order valence-corrected chi connectivity index (χ2v) is 8.11. The number of hydrogen-bond acceptors (Lipinski definition) is 7. The van der Waals surface area contributed by atoms with Gasteiger partial charge in [0.25, 0.3) is 0 Å². The van der Waals surface area contributed by atoms with Crippen molar-refractivity contribution in [2.45, 2.75) is 36.9 Å². The molecule has 2 atom stereocenters. The van der Waals surface area contributed by atoms with Gasteiger partial charge >= 0.3 is 5.97 Å². The number of carbonyl (C=O) groups excluding carboxylic acids is 1. The highest BCUT2D eigenvalue weighted by atomic mass is 19.1. The van der Waals surface area contributed by atoms with Crippen molar-refractivity contribution in [1.29, 1.82) is 0 Å². The molecule has 29 heavy (non-hydrogen) atoms. The minimum Gasteiger partial charge on any atom is -0.487 e. The molecule has 0 amide bonds. The van der Waals surface area contributed by atoms with Gasteiger partial charge in [-0.2, -0.15) is 0 Å². The fraction of sp³-hybridized carbons (Fsp3) is 0.500. The maximum absolute atomic E-state index is 15.2. The summed E-state index contributed by atoms with van der Waals surface area (Å²) in [5.74, 6) is -1.20. The molecule has 1 aromatic heterocycles. The van der Waals surface area contributed by atoms with Gasteiger partial charge < -0.3 is 29.2 Å². The predicted octanol–water partition coefficient (Wildman–Crippen LogP) is 0.957. The molecule has 2 fully saturated rings. The summed E-state index contributed by atoms with van der Waals surface area (Å²) in [5.41, 5.74) is -1.46. The van der Waals surface area contributed by atoms with Crippen LogP contribution >= 0.6 is 0 Å². The van der Waals surface area contributed by atoms with Crippen molar-refractivity contribution in [3.8, 4) is 5.75 Å². The smallest absolute Gasteiger partial charge is 0.343 e. The summed E-state index contributed by atoms with van der Waals surface area (Å²) in [6.45, 7) is -0.161. The van der Waals surface area contributed by atoms with Gasteiger partial charge in [0, 0.05) is 25.2 Å². The summed E-state index contributed by atoms with van der Waals surface area (Å²) in [5, 5.41) is 20.1. The van der Waals surface area contributed by atoms with E-state index >= 15 is 4.39 Å². The Labute approximate surface area is 165 Å². The van der Waals surface area contributed by atoms with E-state index in [4.69, 9.17) is 9.47 Å². The van der Waals surface area contributed by atoms with E-state index in [0.29, 0.717) is 5.52 Å². The van der Waals surface area contributed by atoms with E-state index in [9.17, 15) is 19.8 Å². The van der Waals surface area contributed by atoms with Crippen LogP contribution in [0, 0.1) is 5.82 Å². The molecule has 1 aliphatic carbocycles. The van der Waals surface area contributed by atoms with Gasteiger partial charge in [-0.25, -0.2) is 9.18 Å². The topological polar surface area (TPSA) is 101 Å². The zero-order chi connectivity index (χ0) is 20.5. The van der Waals surface area contributed by atoms with Crippen LogP contribution in [0.15, 0.2) is 17.1 Å². The molecule has 2 aromatic rings. The summed E-state index contributed by atoms with van der Waals surface area (Å²) in [4.78, 5) is 26.7. The number of esters is 1. The van der Waals surface area contributed by atoms with Gasteiger partial charge in [-0.1, -0.05) is 0 Å². The normalized spacial score (nSPS) is 25.5. The van der Waals surface area contributed by atoms with E-state index in [0.717, 1.165) is 18.9 Å². The Hall–Kier alpha value is -2.65. The third-order valence-electron chi connectivity index (χ3n) is 6.07. The summed E-state index contributed by atoms with van der Waals surface area (Å²) < 4.78 is 27.6. The van der Waals surface area contributed by atoms with Crippen LogP contribution in [0.2, 0.25) is 0 Å². The van der Waals surface area contributed by atoms with Gasteiger partial charge in [-0.05, 0) is 18.9 Å². The van der Waals surface area contributed by atoms with Crippen molar-refractivity contribution in [2.24, 2.45) is 0 Å². The van der Waals surface area contributed by atoms with E-state index in [1.165, 1.54) is 13.3 Å². The summed E-state index contributed by atoms with van der Waals surface area (Å²) in [6, 6.07) is 0.941. The minimum absolute atomic E-state index is 0.0612. The molecule has 2 N–H and O–H groups in total. The van der Waals surface area contributed by atoms with Crippen LogP contribution in [0.1, 0.15) is 35.7 Å². The van der Waals surface area contributed by atoms with Gasteiger partial charge in [0.05, 0.1) is 30.7 Å². The molecule has 1 aromatic carbocycles. The Kier molecular flexibility index (Phi) is 3.91. The maximum Gasteiger partial charge on any atom is 0.343 e. The monoisotopic (exact) mass is 404 g/mol. The first-order chi connectivity index (χ1) is 13.9. The summed E-state index contributed by atoms with van der Waals surface area (Å²) >= 11 is 0. The first-order valence-corrected chi connectivity index (χ1v) is 9.59. The quantitative estimate of drug-likeness (QED) is 0.735. The van der Waals surface area contributed by atoms with E-state index < -0.39 is 29.4 Å². The van der Waals surface area contributed by atoms with E-state index in [2.05, 4.69) is 0 Å². The Bertz CT molecular complexity index is 1090. The molecule has 3 aliphatic rings. The fourth-order valence-corrected chi connectivity index (χ4v) is 4.51. The molecule has 0 bridgehead atoms. The molecular formula is C20H21FN2O6. The number of nitrogens with zero attached hydrogens (tertiary/aromatic N) is 2. The Balaban J connectivity index is 1.78. The molecule has 1 saturated carbocycles. The number of hydrogen-bond donors (Lipinski definition) is 2. The molecular weight excluding hydrogens is 383 g/mol. The highest BCUT2D eigenvalue weighted by molar-refractivity contribution is 5.98. The number of fused-ring (bicyclic) bond motifs is 5. The van der Waals surface area contributed by atoms with Gasteiger partial charge in [0.15, 0.2) is 11.6 Å². The van der Waals surface area contributed by atoms with Crippen molar-refractivity contribution in [3.63, 3.8) is 0 Å². The zero-order valence-corrected chi connectivity index (χ0v) is 15.9. The van der Waals surface area contributed by atoms with Crippen LogP contribution < -0.4 is 15.1 Å². The molecule has 0 radical (unpaired) electrons. The standard InChI is InChI=1S/C20H21FN2O6/c1-28-19(26)13-6-22(10-2-3-10)15-12(17(13)25)4-14(21)16-18(15)29-7-11-5-20(27,9-24)8-23(11)16/h4,6,10-11,24,27H,2-3,5,7-9H2,1H3/t11-,20-/m0/s1. The molecule has 3 heterocycles. The van der Waals surface area contributed by atoms with Crippen LogP contribution in [0.5, 0.6) is 5.75 Å². The number of rotatable bonds is 3. The van der Waals surface area contributed by atoms with Crippen LogP contribution in [-0.4, -0.2) is 59.3 Å². The van der Waals surface area contributed by atoms with Gasteiger partial charge in [0.1, 0.15) is 23.5 Å². The molecule has 0 spiro atoms. The second-order valence-electron chi connectivity index (χ2n) is 8.11. The zero-order valence-electron chi connectivity index (χ0n) is 15.9. The average Bonchev–Trinajstić information content (AvgIpc) is 3.49. The van der Waals surface area contributed by atoms with Gasteiger partial charge in [-0.3, -0.25) is 4.79 Å². The Morgan fingerprint density at radius 1 is 1.41 bits per heavy atom. The van der Waals surface area contributed by atoms with Crippen molar-refractivity contribution < 1.29 is 28.9 Å². The average molecular weight is 404 g/mol. The highest BCUT2D eigenvalue weighted by Gasteiger charge is 2.47. The van der Waals surface area contributed by atoms with Crippen molar-refractivity contribution >= 4 is 22.6 Å². The molecule has 0 unspecified atom stereocenters. The third-order valence-corrected chi connectivity index (χ3v) is 6.07. The van der Waals surface area contributed by atoms with Crippen molar-refractivity contribution in [2.75, 3.05) is 31.8 Å². The molecule has 8 nitrogen and oxygen atoms in total. The summed E-state index contributed by atoms with van der Waals surface area (Å²) in [7, 11) is 1.19. The molecule has 9 heteroatoms. The molecule has 1 saturated heterocycles. The van der Waals surface area contributed by atoms with Crippen LogP contribution in [0.25, 0.3) is 10.9 Å². The summed E-state index contributed by atoms with van der Waals surface area (Å²) in [6.07, 6.45) is 3.48. The van der Waals surface area contributed by atoms with Gasteiger partial charge in [0.2, 0.25) is 5.43 Å². The van der Waals surface area contributed by atoms with Crippen molar-refractivity contribution in [1.82, 2.24) is 4.57 Å². The highest BCUT2D eigenvalue weighted by Crippen LogP contribution is 2.48. The number of methoxy groups -OCH3 is 1. The maximum atomic E-state index is 15.2. The second kappa shape index (κ2) is 6.17. The van der Waals surface area contributed by atoms with Gasteiger partial charge in [-0.15, -0.1) is 0 Å². The van der Waals surface area contributed by atoms with Crippen LogP contribution in [0.3, 0.4) is 0 Å². The number of halogens is 1. The lowest BCUT2D eigenvalue weighted by molar-refractivity contribution is 0.00141. The van der Waals surface area contributed by atoms with Crippen LogP contribution in [-0.2, 0) is 4.74 Å². The van der Waals surface area contributed by atoms with Crippen molar-refractivity contribution in [3.05, 3.63) is 33.9 Å². The predicted molar refractivity (Wildman–Crippen MR) is 101 cm³/mol. The third kappa shape index (κ3) is 2.64. The molecule has 154 valence electrons. The Morgan fingerprint density at radius 2 is 2.17 bits per heavy atom. The van der Waals surface area contributed by atoms with E-state index in [1.54, 1.807) is 9.47 Å². The number of aromatic nitrogens is 1. The van der Waals surface area contributed by atoms with E-state index in [-0.39, 0.29) is 54.0 Å². The Morgan fingerprint density at radius 3 is 2.83 bits per heavy atom. The van der Waals surface area contributed by atoms with E-state index in [1.807, 2.05) is 0 Å². The number of pyridine rings is 1. The first-order valence-electron chi connectivity index (χ1n) is 9.59. The minimum atomic E-state index is -1.33. The number of benzene rings is 1.